The molecule has 0 aliphatic rings. The van der Waals surface area contributed by atoms with Crippen molar-refractivity contribution in [3.8, 4) is 5.69 Å². The predicted octanol–water partition coefficient (Wildman–Crippen LogP) is 1.40. The summed E-state index contributed by atoms with van der Waals surface area (Å²) in [6, 6.07) is 7.86. The Balaban J connectivity index is 0.00000162. The number of hydrogen-bond acceptors (Lipinski definition) is 2. The number of nitrogens with zero attached hydrogens (tertiary/aromatic N) is 3. The van der Waals surface area contributed by atoms with Gasteiger partial charge in [0, 0.05) is 6.20 Å². The first kappa shape index (κ1) is 14.4. The Morgan fingerprint density at radius 1 is 1.22 bits per heavy atom. The summed E-state index contributed by atoms with van der Waals surface area (Å²) in [6.07, 6.45) is 1.77. The van der Waals surface area contributed by atoms with Crippen LogP contribution in [0.1, 0.15) is 5.69 Å². The molecule has 2 aromatic rings. The van der Waals surface area contributed by atoms with Gasteiger partial charge in [-0.2, -0.15) is 5.10 Å². The summed E-state index contributed by atoms with van der Waals surface area (Å²) in [5, 5.41) is 4.26. The fourth-order valence-corrected chi connectivity index (χ4v) is 1.36. The van der Waals surface area contributed by atoms with E-state index in [0.717, 1.165) is 11.4 Å². The summed E-state index contributed by atoms with van der Waals surface area (Å²) in [5.74, 6) is -0.247. The third-order valence-corrected chi connectivity index (χ3v) is 2.16. The normalized spacial score (nSPS) is 9.61. The van der Waals surface area contributed by atoms with Gasteiger partial charge in [-0.15, -0.1) is 24.0 Å². The number of guanidine groups is 1. The molecule has 0 saturated heterocycles. The van der Waals surface area contributed by atoms with Crippen molar-refractivity contribution in [2.45, 2.75) is 6.54 Å². The van der Waals surface area contributed by atoms with Gasteiger partial charge in [-0.25, -0.2) is 14.1 Å². The van der Waals surface area contributed by atoms with E-state index in [9.17, 15) is 4.39 Å². The molecule has 4 N–H and O–H groups in total. The standard InChI is InChI=1S/C11H12FN5.HI/c12-8-1-3-10(4-2-8)17-6-5-9(16-17)7-15-11(13)14;/h1-6H,7H2,(H4,13,14,15);1H. The zero-order chi connectivity index (χ0) is 12.3. The van der Waals surface area contributed by atoms with Crippen LogP contribution < -0.4 is 11.5 Å². The number of nitrogens with two attached hydrogens (primary N) is 2. The molecule has 0 bridgehead atoms. The van der Waals surface area contributed by atoms with Crippen LogP contribution in [-0.4, -0.2) is 15.7 Å². The number of benzene rings is 1. The Kier molecular flexibility index (Phi) is 5.08. The lowest BCUT2D eigenvalue weighted by Crippen LogP contribution is -2.22. The number of halogens is 2. The van der Waals surface area contributed by atoms with Gasteiger partial charge in [0.1, 0.15) is 5.82 Å². The molecular formula is C11H13FIN5. The maximum atomic E-state index is 12.7. The minimum Gasteiger partial charge on any atom is -0.370 e. The molecule has 0 atom stereocenters. The van der Waals surface area contributed by atoms with Gasteiger partial charge in [0.15, 0.2) is 5.96 Å². The van der Waals surface area contributed by atoms with E-state index in [1.165, 1.54) is 12.1 Å². The fourth-order valence-electron chi connectivity index (χ4n) is 1.36. The van der Waals surface area contributed by atoms with E-state index in [1.54, 1.807) is 29.1 Å². The molecule has 1 aromatic heterocycles. The van der Waals surface area contributed by atoms with E-state index in [2.05, 4.69) is 10.1 Å². The summed E-state index contributed by atoms with van der Waals surface area (Å²) in [7, 11) is 0. The molecule has 0 aliphatic carbocycles. The maximum absolute atomic E-state index is 12.7. The highest BCUT2D eigenvalue weighted by Crippen LogP contribution is 2.09. The summed E-state index contributed by atoms with van der Waals surface area (Å²) in [6.45, 7) is 0.330. The van der Waals surface area contributed by atoms with Crippen LogP contribution >= 0.6 is 24.0 Å². The van der Waals surface area contributed by atoms with Crippen molar-refractivity contribution in [3.63, 3.8) is 0 Å². The van der Waals surface area contributed by atoms with E-state index >= 15 is 0 Å². The molecule has 1 aromatic carbocycles. The number of rotatable bonds is 3. The molecule has 0 saturated carbocycles. The molecule has 7 heteroatoms. The van der Waals surface area contributed by atoms with Crippen LogP contribution in [0.2, 0.25) is 0 Å². The summed E-state index contributed by atoms with van der Waals surface area (Å²) >= 11 is 0. The third-order valence-electron chi connectivity index (χ3n) is 2.16. The Morgan fingerprint density at radius 3 is 2.50 bits per heavy atom. The minimum atomic E-state index is -0.276. The van der Waals surface area contributed by atoms with Crippen molar-refractivity contribution in [1.29, 1.82) is 0 Å². The number of aromatic nitrogens is 2. The highest BCUT2D eigenvalue weighted by molar-refractivity contribution is 14.0. The van der Waals surface area contributed by atoms with Crippen LogP contribution in [0.3, 0.4) is 0 Å². The highest BCUT2D eigenvalue weighted by Gasteiger charge is 2.00. The van der Waals surface area contributed by atoms with Crippen molar-refractivity contribution >= 4 is 29.9 Å². The molecule has 0 spiro atoms. The van der Waals surface area contributed by atoms with Gasteiger partial charge in [-0.1, -0.05) is 0 Å². The smallest absolute Gasteiger partial charge is 0.186 e. The molecule has 0 amide bonds. The zero-order valence-electron chi connectivity index (χ0n) is 9.45. The zero-order valence-corrected chi connectivity index (χ0v) is 11.8. The first-order chi connectivity index (χ1) is 8.15. The second-order valence-corrected chi connectivity index (χ2v) is 3.47. The fraction of sp³-hybridized carbons (Fsp3) is 0.0909. The lowest BCUT2D eigenvalue weighted by atomic mass is 10.3. The van der Waals surface area contributed by atoms with Crippen LogP contribution in [0.5, 0.6) is 0 Å². The third kappa shape index (κ3) is 3.69. The molecule has 96 valence electrons. The second kappa shape index (κ2) is 6.34. The van der Waals surface area contributed by atoms with Gasteiger partial charge < -0.3 is 11.5 Å². The van der Waals surface area contributed by atoms with E-state index in [1.807, 2.05) is 0 Å². The van der Waals surface area contributed by atoms with Crippen molar-refractivity contribution in [2.75, 3.05) is 0 Å². The van der Waals surface area contributed by atoms with E-state index in [-0.39, 0.29) is 35.8 Å². The van der Waals surface area contributed by atoms with Gasteiger partial charge in [0.25, 0.3) is 0 Å². The van der Waals surface area contributed by atoms with Crippen molar-refractivity contribution in [2.24, 2.45) is 16.5 Å². The summed E-state index contributed by atoms with van der Waals surface area (Å²) in [5.41, 5.74) is 12.0. The molecule has 0 radical (unpaired) electrons. The number of hydrogen-bond donors (Lipinski definition) is 2. The molecule has 0 unspecified atom stereocenters. The van der Waals surface area contributed by atoms with E-state index in [4.69, 9.17) is 11.5 Å². The Bertz CT molecular complexity index is 531. The van der Waals surface area contributed by atoms with Crippen molar-refractivity contribution in [1.82, 2.24) is 9.78 Å². The monoisotopic (exact) mass is 361 g/mol. The van der Waals surface area contributed by atoms with Gasteiger partial charge in [-0.3, -0.25) is 0 Å². The molecule has 2 rings (SSSR count). The highest BCUT2D eigenvalue weighted by atomic mass is 127. The van der Waals surface area contributed by atoms with Gasteiger partial charge in [0.2, 0.25) is 0 Å². The van der Waals surface area contributed by atoms with Gasteiger partial charge in [-0.05, 0) is 30.3 Å². The van der Waals surface area contributed by atoms with Gasteiger partial charge >= 0.3 is 0 Å². The largest absolute Gasteiger partial charge is 0.370 e. The Morgan fingerprint density at radius 2 is 1.89 bits per heavy atom. The van der Waals surface area contributed by atoms with Crippen LogP contribution in [0.15, 0.2) is 41.5 Å². The van der Waals surface area contributed by atoms with E-state index < -0.39 is 0 Å². The van der Waals surface area contributed by atoms with Crippen LogP contribution in [0.4, 0.5) is 4.39 Å². The average Bonchev–Trinajstić information content (AvgIpc) is 2.76. The Labute approximate surface area is 121 Å². The van der Waals surface area contributed by atoms with Crippen LogP contribution in [0, 0.1) is 5.82 Å². The maximum Gasteiger partial charge on any atom is 0.186 e. The second-order valence-electron chi connectivity index (χ2n) is 3.47. The molecule has 18 heavy (non-hydrogen) atoms. The lowest BCUT2D eigenvalue weighted by Gasteiger charge is -2.00. The first-order valence-corrected chi connectivity index (χ1v) is 5.01. The predicted molar refractivity (Wildman–Crippen MR) is 78.5 cm³/mol. The molecule has 0 aliphatic heterocycles. The van der Waals surface area contributed by atoms with E-state index in [0.29, 0.717) is 6.54 Å². The minimum absolute atomic E-state index is 0. The summed E-state index contributed by atoms with van der Waals surface area (Å²) in [4.78, 5) is 3.85. The topological polar surface area (TPSA) is 82.2 Å². The van der Waals surface area contributed by atoms with Gasteiger partial charge in [0.05, 0.1) is 17.9 Å². The van der Waals surface area contributed by atoms with Crippen molar-refractivity contribution in [3.05, 3.63) is 48.0 Å². The van der Waals surface area contributed by atoms with Crippen LogP contribution in [0.25, 0.3) is 5.69 Å². The van der Waals surface area contributed by atoms with Crippen molar-refractivity contribution < 1.29 is 4.39 Å². The molecular weight excluding hydrogens is 348 g/mol. The number of aliphatic imine (C=N–C) groups is 1. The molecule has 5 nitrogen and oxygen atoms in total. The SMILES string of the molecule is I.NC(N)=NCc1ccn(-c2ccc(F)cc2)n1. The molecule has 1 heterocycles. The summed E-state index contributed by atoms with van der Waals surface area (Å²) < 4.78 is 14.4. The Hall–Kier alpha value is -1.64. The van der Waals surface area contributed by atoms with Crippen LogP contribution in [-0.2, 0) is 6.54 Å². The quantitative estimate of drug-likeness (QED) is 0.493. The lowest BCUT2D eigenvalue weighted by molar-refractivity contribution is 0.627. The average molecular weight is 361 g/mol. The first-order valence-electron chi connectivity index (χ1n) is 5.01. The molecule has 0 fully saturated rings.